The lowest BCUT2D eigenvalue weighted by atomic mass is 10.1. The zero-order valence-electron chi connectivity index (χ0n) is 22.5. The van der Waals surface area contributed by atoms with E-state index in [4.69, 9.17) is 9.15 Å². The summed E-state index contributed by atoms with van der Waals surface area (Å²) in [4.78, 5) is 8.56. The third-order valence-electron chi connectivity index (χ3n) is 6.24. The summed E-state index contributed by atoms with van der Waals surface area (Å²) in [5.74, 6) is 1.75. The van der Waals surface area contributed by atoms with Gasteiger partial charge in [-0.05, 0) is 55.5 Å². The maximum atomic E-state index is 12.4. The summed E-state index contributed by atoms with van der Waals surface area (Å²) in [7, 11) is -5.35. The number of hydrogen-bond acceptors (Lipinski definition) is 6. The molecule has 0 radical (unpaired) electrons. The number of aromatic nitrogens is 3. The second-order valence-electron chi connectivity index (χ2n) is 9.44. The van der Waals surface area contributed by atoms with Crippen LogP contribution in [0.4, 0.5) is 13.2 Å². The van der Waals surface area contributed by atoms with Crippen molar-refractivity contribution in [1.82, 2.24) is 19.3 Å². The van der Waals surface area contributed by atoms with Gasteiger partial charge in [-0.15, -0.1) is 0 Å². The summed E-state index contributed by atoms with van der Waals surface area (Å²) >= 11 is 0. The highest BCUT2D eigenvalue weighted by molar-refractivity contribution is 7.90. The Bertz CT molecular complexity index is 1530. The fourth-order valence-electron chi connectivity index (χ4n) is 3.98. The maximum absolute atomic E-state index is 12.4. The largest absolute Gasteiger partial charge is 0.511 e. The molecule has 2 heterocycles. The Morgan fingerprint density at radius 2 is 1.78 bits per heavy atom. The minimum Gasteiger partial charge on any atom is -0.487 e. The maximum Gasteiger partial charge on any atom is 0.511 e. The van der Waals surface area contributed by atoms with Gasteiger partial charge in [0.15, 0.2) is 0 Å². The van der Waals surface area contributed by atoms with Crippen molar-refractivity contribution in [1.29, 1.82) is 0 Å². The summed E-state index contributed by atoms with van der Waals surface area (Å²) in [6.45, 7) is 2.58. The second kappa shape index (κ2) is 13.6. The number of nitrogens with one attached hydrogen (secondary N) is 1. The van der Waals surface area contributed by atoms with Crippen LogP contribution in [0.5, 0.6) is 5.75 Å². The lowest BCUT2D eigenvalue weighted by Crippen LogP contribution is -2.37. The van der Waals surface area contributed by atoms with E-state index in [0.717, 1.165) is 36.1 Å². The molecule has 0 saturated heterocycles. The minimum atomic E-state index is -5.35. The molecule has 0 unspecified atom stereocenters. The van der Waals surface area contributed by atoms with Gasteiger partial charge in [-0.1, -0.05) is 42.0 Å². The Balaban J connectivity index is 1.16. The summed E-state index contributed by atoms with van der Waals surface area (Å²) in [5, 5.41) is 0. The molecule has 0 aliphatic rings. The zero-order valence-corrected chi connectivity index (χ0v) is 23.3. The SMILES string of the molecule is Cc1ccc(/C=C/c2nc(COc3ccc(CCCCn4ccnc4CCNS(=O)(=O)C(F)(F)F)cc3)co2)cc1. The molecule has 0 aliphatic heterocycles. The van der Waals surface area contributed by atoms with Crippen LogP contribution >= 0.6 is 0 Å². The van der Waals surface area contributed by atoms with E-state index in [1.807, 2.05) is 72.2 Å². The van der Waals surface area contributed by atoms with Crippen LogP contribution < -0.4 is 9.46 Å². The van der Waals surface area contributed by atoms with Crippen molar-refractivity contribution in [3.8, 4) is 5.75 Å². The van der Waals surface area contributed by atoms with Crippen LogP contribution in [0, 0.1) is 6.92 Å². The number of unbranched alkanes of at least 4 members (excludes halogenated alkanes) is 1. The molecule has 0 fully saturated rings. The highest BCUT2D eigenvalue weighted by Gasteiger charge is 2.45. The summed E-state index contributed by atoms with van der Waals surface area (Å²) in [6, 6.07) is 16.0. The van der Waals surface area contributed by atoms with Gasteiger partial charge in [0, 0.05) is 38.0 Å². The molecule has 2 aromatic heterocycles. The number of imidazole rings is 1. The van der Waals surface area contributed by atoms with Gasteiger partial charge in [0.05, 0.1) is 0 Å². The highest BCUT2D eigenvalue weighted by Crippen LogP contribution is 2.21. The van der Waals surface area contributed by atoms with Crippen molar-refractivity contribution in [2.45, 2.75) is 51.3 Å². The van der Waals surface area contributed by atoms with Gasteiger partial charge in [-0.25, -0.2) is 23.1 Å². The minimum absolute atomic E-state index is 0.0591. The van der Waals surface area contributed by atoms with E-state index < -0.39 is 15.5 Å². The number of alkyl halides is 3. The number of hydrogen-bond donors (Lipinski definition) is 1. The summed E-state index contributed by atoms with van der Waals surface area (Å²) in [6.07, 6.45) is 11.2. The monoisotopic (exact) mass is 588 g/mol. The van der Waals surface area contributed by atoms with Gasteiger partial charge in [0.1, 0.15) is 30.1 Å². The van der Waals surface area contributed by atoms with Crippen molar-refractivity contribution in [3.63, 3.8) is 0 Å². The number of rotatable bonds is 14. The van der Waals surface area contributed by atoms with Crippen LogP contribution in [-0.4, -0.2) is 35.0 Å². The van der Waals surface area contributed by atoms with Crippen molar-refractivity contribution in [3.05, 3.63) is 101 Å². The molecular formula is C29H31F3N4O4S. The summed E-state index contributed by atoms with van der Waals surface area (Å²) in [5.41, 5.74) is -1.22. The first kappa shape index (κ1) is 30.1. The Morgan fingerprint density at radius 1 is 1.02 bits per heavy atom. The molecule has 0 bridgehead atoms. The predicted octanol–water partition coefficient (Wildman–Crippen LogP) is 5.93. The van der Waals surface area contributed by atoms with Crippen LogP contribution in [0.1, 0.15) is 46.9 Å². The van der Waals surface area contributed by atoms with Crippen LogP contribution in [0.25, 0.3) is 12.2 Å². The molecule has 0 saturated carbocycles. The van der Waals surface area contributed by atoms with E-state index in [1.54, 1.807) is 23.4 Å². The Hall–Kier alpha value is -3.90. The number of benzene rings is 2. The quantitative estimate of drug-likeness (QED) is 0.183. The van der Waals surface area contributed by atoms with Crippen LogP contribution in [0.15, 0.2) is 71.6 Å². The molecule has 2 aromatic carbocycles. The van der Waals surface area contributed by atoms with Crippen LogP contribution in [0.3, 0.4) is 0 Å². The van der Waals surface area contributed by atoms with E-state index in [-0.39, 0.29) is 19.6 Å². The molecule has 4 aromatic rings. The lowest BCUT2D eigenvalue weighted by Gasteiger charge is -2.11. The zero-order chi connectivity index (χ0) is 29.3. The number of halogens is 3. The average molecular weight is 589 g/mol. The third-order valence-corrected chi connectivity index (χ3v) is 7.43. The summed E-state index contributed by atoms with van der Waals surface area (Å²) < 4.78 is 74.3. The first-order chi connectivity index (χ1) is 19.6. The molecule has 8 nitrogen and oxygen atoms in total. The molecule has 0 atom stereocenters. The number of aryl methyl sites for hydroxylation is 3. The number of ether oxygens (including phenoxy) is 1. The normalized spacial score (nSPS) is 12.3. The molecule has 0 aliphatic carbocycles. The van der Waals surface area contributed by atoms with Crippen LogP contribution in [-0.2, 0) is 36.0 Å². The van der Waals surface area contributed by atoms with E-state index in [2.05, 4.69) is 9.97 Å². The topological polar surface area (TPSA) is 99.2 Å². The standard InChI is InChI=1S/C29H31F3N4O4S/c1-22-5-7-24(8-6-22)11-14-28-35-25(21-40-28)20-39-26-12-9-23(10-13-26)4-2-3-18-36-19-17-33-27(36)15-16-34-41(37,38)29(30,31)32/h5-14,17,19,21,34H,2-4,15-16,18,20H2,1H3/b14-11+. The van der Waals surface area contributed by atoms with E-state index in [0.29, 0.717) is 24.0 Å². The van der Waals surface area contributed by atoms with Crippen molar-refractivity contribution >= 4 is 22.2 Å². The second-order valence-corrected chi connectivity index (χ2v) is 11.2. The molecule has 12 heteroatoms. The van der Waals surface area contributed by atoms with Crippen molar-refractivity contribution < 1.29 is 30.7 Å². The Morgan fingerprint density at radius 3 is 2.51 bits per heavy atom. The van der Waals surface area contributed by atoms with Gasteiger partial charge < -0.3 is 13.7 Å². The molecular weight excluding hydrogens is 557 g/mol. The Labute approximate surface area is 237 Å². The molecule has 218 valence electrons. The van der Waals surface area contributed by atoms with Gasteiger partial charge in [-0.2, -0.15) is 13.2 Å². The molecule has 1 N–H and O–H groups in total. The predicted molar refractivity (Wildman–Crippen MR) is 149 cm³/mol. The fraction of sp³-hybridized carbons (Fsp3) is 0.310. The number of nitrogens with zero attached hydrogens (tertiary/aromatic N) is 3. The van der Waals surface area contributed by atoms with E-state index in [9.17, 15) is 21.6 Å². The molecule has 41 heavy (non-hydrogen) atoms. The molecule has 4 rings (SSSR count). The Kier molecular flexibility index (Phi) is 10.0. The van der Waals surface area contributed by atoms with Gasteiger partial charge in [0.25, 0.3) is 0 Å². The number of oxazole rings is 1. The van der Waals surface area contributed by atoms with Gasteiger partial charge in [-0.3, -0.25) is 0 Å². The average Bonchev–Trinajstić information content (AvgIpc) is 3.59. The van der Waals surface area contributed by atoms with E-state index in [1.165, 1.54) is 5.56 Å². The molecule has 0 amide bonds. The van der Waals surface area contributed by atoms with Crippen molar-refractivity contribution in [2.75, 3.05) is 6.54 Å². The number of sulfonamides is 1. The third kappa shape index (κ3) is 9.05. The van der Waals surface area contributed by atoms with Gasteiger partial charge in [0.2, 0.25) is 5.89 Å². The van der Waals surface area contributed by atoms with Crippen molar-refractivity contribution in [2.24, 2.45) is 0 Å². The first-order valence-corrected chi connectivity index (χ1v) is 14.5. The smallest absolute Gasteiger partial charge is 0.487 e. The highest BCUT2D eigenvalue weighted by atomic mass is 32.2. The lowest BCUT2D eigenvalue weighted by molar-refractivity contribution is -0.0447. The molecule has 0 spiro atoms. The van der Waals surface area contributed by atoms with Crippen LogP contribution in [0.2, 0.25) is 0 Å². The fourth-order valence-corrected chi connectivity index (χ4v) is 4.52. The first-order valence-electron chi connectivity index (χ1n) is 13.1. The van der Waals surface area contributed by atoms with Gasteiger partial charge >= 0.3 is 15.5 Å². The van der Waals surface area contributed by atoms with E-state index >= 15 is 0 Å².